The van der Waals surface area contributed by atoms with E-state index in [1.54, 1.807) is 0 Å². The first kappa shape index (κ1) is 13.9. The van der Waals surface area contributed by atoms with E-state index in [-0.39, 0.29) is 30.0 Å². The smallest absolute Gasteiger partial charge is 0.480 e. The van der Waals surface area contributed by atoms with Crippen LogP contribution in [0.2, 0.25) is 0 Å². The molecule has 2 saturated carbocycles. The van der Waals surface area contributed by atoms with Gasteiger partial charge in [0.1, 0.15) is 5.54 Å². The Balaban J connectivity index is 1.63. The summed E-state index contributed by atoms with van der Waals surface area (Å²) < 4.78 is 14.4. The van der Waals surface area contributed by atoms with Gasteiger partial charge in [-0.05, 0) is 25.7 Å². The van der Waals surface area contributed by atoms with Crippen molar-refractivity contribution in [2.75, 3.05) is 0 Å². The lowest BCUT2D eigenvalue weighted by Crippen LogP contribution is -2.49. The van der Waals surface area contributed by atoms with E-state index in [9.17, 15) is 19.5 Å². The second-order valence-electron chi connectivity index (χ2n) is 5.64. The summed E-state index contributed by atoms with van der Waals surface area (Å²) in [7, 11) is 0. The minimum atomic E-state index is -1.34. The Morgan fingerprint density at radius 1 is 1.48 bits per heavy atom. The number of carboxylic acid groups (broad SMARTS) is 1. The maximum Gasteiger partial charge on any atom is 0.519 e. The van der Waals surface area contributed by atoms with Gasteiger partial charge in [0.2, 0.25) is 0 Å². The Kier molecular flexibility index (Phi) is 2.94. The Hall–Kier alpha value is -2.09. The number of aryl methyl sites for hydroxylation is 1. The fourth-order valence-corrected chi connectivity index (χ4v) is 3.32. The molecule has 1 aromatic rings. The summed E-state index contributed by atoms with van der Waals surface area (Å²) in [6.45, 7) is 1.31. The Morgan fingerprint density at radius 3 is 2.76 bits per heavy atom. The molecule has 0 aliphatic heterocycles. The predicted molar refractivity (Wildman–Crippen MR) is 66.0 cm³/mol. The minimum Gasteiger partial charge on any atom is -0.480 e. The number of ether oxygens (including phenoxy) is 1. The molecule has 0 aromatic carbocycles. The van der Waals surface area contributed by atoms with E-state index in [4.69, 9.17) is 14.9 Å². The number of carboxylic acids is 1. The Bertz CT molecular complexity index is 660. The van der Waals surface area contributed by atoms with Crippen LogP contribution in [0.5, 0.6) is 0 Å². The first-order valence-electron chi connectivity index (χ1n) is 6.63. The van der Waals surface area contributed by atoms with Crippen molar-refractivity contribution >= 4 is 11.9 Å². The third-order valence-corrected chi connectivity index (χ3v) is 4.51. The van der Waals surface area contributed by atoms with Crippen LogP contribution in [0.25, 0.3) is 0 Å². The number of fused-ring (bicyclic) bond motifs is 1. The number of nitrogens with two attached hydrogens (primary N) is 1. The van der Waals surface area contributed by atoms with Gasteiger partial charge in [-0.3, -0.25) is 9.59 Å². The maximum atomic E-state index is 12.0. The van der Waals surface area contributed by atoms with Crippen molar-refractivity contribution in [3.8, 4) is 0 Å². The molecule has 4 atom stereocenters. The van der Waals surface area contributed by atoms with Crippen LogP contribution in [0, 0.1) is 24.7 Å². The molecule has 21 heavy (non-hydrogen) atoms. The normalized spacial score (nSPS) is 33.5. The summed E-state index contributed by atoms with van der Waals surface area (Å²) in [4.78, 5) is 34.1. The van der Waals surface area contributed by atoms with Gasteiger partial charge in [0.15, 0.2) is 18.1 Å². The van der Waals surface area contributed by atoms with Gasteiger partial charge in [-0.1, -0.05) is 0 Å². The van der Waals surface area contributed by atoms with Gasteiger partial charge < -0.3 is 24.4 Å². The number of carbonyl (C=O) groups excluding carboxylic acids is 1. The summed E-state index contributed by atoms with van der Waals surface area (Å²) in [5, 5.41) is 9.18. The van der Waals surface area contributed by atoms with Crippen LogP contribution in [0.3, 0.4) is 0 Å². The molecule has 3 rings (SSSR count). The maximum absolute atomic E-state index is 12.0. The lowest BCUT2D eigenvalue weighted by Gasteiger charge is -2.21. The first-order valence-corrected chi connectivity index (χ1v) is 6.63. The monoisotopic (exact) mass is 297 g/mol. The lowest BCUT2D eigenvalue weighted by atomic mass is 9.92. The SMILES string of the molecule is Cc1oc(=O)oc1COC(=O)[C@H]1[C@@H]2CC[C@@](N)(C(=O)O)[C@@H]21. The minimum absolute atomic E-state index is 0.0314. The van der Waals surface area contributed by atoms with Crippen molar-refractivity contribution in [1.29, 1.82) is 0 Å². The summed E-state index contributed by atoms with van der Waals surface area (Å²) in [5.41, 5.74) is 4.53. The van der Waals surface area contributed by atoms with E-state index in [2.05, 4.69) is 4.42 Å². The highest BCUT2D eigenvalue weighted by atomic mass is 16.6. The summed E-state index contributed by atoms with van der Waals surface area (Å²) in [5.74, 6) is -2.94. The van der Waals surface area contributed by atoms with Crippen molar-refractivity contribution in [2.24, 2.45) is 23.5 Å². The van der Waals surface area contributed by atoms with E-state index >= 15 is 0 Å². The molecule has 8 heteroatoms. The van der Waals surface area contributed by atoms with Crippen molar-refractivity contribution in [1.82, 2.24) is 0 Å². The molecule has 0 amide bonds. The molecule has 2 aliphatic carbocycles. The molecule has 0 unspecified atom stereocenters. The topological polar surface area (TPSA) is 133 Å². The van der Waals surface area contributed by atoms with E-state index in [0.29, 0.717) is 12.8 Å². The molecule has 0 saturated heterocycles. The lowest BCUT2D eigenvalue weighted by molar-refractivity contribution is -0.149. The van der Waals surface area contributed by atoms with Crippen molar-refractivity contribution in [2.45, 2.75) is 31.9 Å². The molecule has 2 fully saturated rings. The summed E-state index contributed by atoms with van der Waals surface area (Å²) >= 11 is 0. The molecule has 3 N–H and O–H groups in total. The predicted octanol–water partition coefficient (Wildman–Crippen LogP) is 0.0225. The van der Waals surface area contributed by atoms with Gasteiger partial charge >= 0.3 is 17.8 Å². The summed E-state index contributed by atoms with van der Waals surface area (Å²) in [6, 6.07) is 0. The number of hydrogen-bond acceptors (Lipinski definition) is 7. The average molecular weight is 297 g/mol. The molecule has 114 valence electrons. The zero-order chi connectivity index (χ0) is 15.4. The van der Waals surface area contributed by atoms with Crippen LogP contribution in [-0.2, 0) is 20.9 Å². The zero-order valence-corrected chi connectivity index (χ0v) is 11.3. The van der Waals surface area contributed by atoms with E-state index in [1.165, 1.54) is 6.92 Å². The molecule has 0 radical (unpaired) electrons. The van der Waals surface area contributed by atoms with Crippen molar-refractivity contribution in [3.05, 3.63) is 22.1 Å². The number of carbonyl (C=O) groups is 2. The van der Waals surface area contributed by atoms with Crippen LogP contribution in [0.4, 0.5) is 0 Å². The highest BCUT2D eigenvalue weighted by Crippen LogP contribution is 2.61. The zero-order valence-electron chi connectivity index (χ0n) is 11.3. The molecule has 0 bridgehead atoms. The Labute approximate surface area is 118 Å². The van der Waals surface area contributed by atoms with Gasteiger partial charge in [-0.15, -0.1) is 0 Å². The molecule has 8 nitrogen and oxygen atoms in total. The standard InChI is InChI=1S/C13H15NO7/c1-5-7(21-12(18)20-5)4-19-10(15)8-6-2-3-13(14,9(6)8)11(16)17/h6,8-9H,2-4,14H2,1H3,(H,16,17)/t6-,8-,9-,13-/m0/s1. The molecule has 2 aliphatic rings. The molecule has 0 spiro atoms. The fourth-order valence-electron chi connectivity index (χ4n) is 3.32. The third-order valence-electron chi connectivity index (χ3n) is 4.51. The van der Waals surface area contributed by atoms with E-state index in [0.717, 1.165) is 0 Å². The fraction of sp³-hybridized carbons (Fsp3) is 0.615. The second kappa shape index (κ2) is 4.45. The van der Waals surface area contributed by atoms with Crippen LogP contribution in [0.1, 0.15) is 24.4 Å². The third kappa shape index (κ3) is 2.06. The largest absolute Gasteiger partial charge is 0.519 e. The molecule has 1 heterocycles. The first-order chi connectivity index (χ1) is 9.84. The number of aliphatic carboxylic acids is 1. The van der Waals surface area contributed by atoms with Crippen LogP contribution in [-0.4, -0.2) is 22.6 Å². The Morgan fingerprint density at radius 2 is 2.19 bits per heavy atom. The number of esters is 1. The second-order valence-corrected chi connectivity index (χ2v) is 5.64. The van der Waals surface area contributed by atoms with E-state index in [1.807, 2.05) is 0 Å². The highest BCUT2D eigenvalue weighted by Gasteiger charge is 2.70. The number of hydrogen-bond donors (Lipinski definition) is 2. The highest BCUT2D eigenvalue weighted by molar-refractivity contribution is 5.85. The van der Waals surface area contributed by atoms with Crippen LogP contribution >= 0.6 is 0 Å². The quantitative estimate of drug-likeness (QED) is 0.743. The summed E-state index contributed by atoms with van der Waals surface area (Å²) in [6.07, 6.45) is 0.976. The molecular formula is C13H15NO7. The number of rotatable bonds is 4. The van der Waals surface area contributed by atoms with Crippen LogP contribution in [0.15, 0.2) is 13.6 Å². The van der Waals surface area contributed by atoms with E-state index < -0.39 is 29.2 Å². The molecular weight excluding hydrogens is 282 g/mol. The van der Waals surface area contributed by atoms with Crippen LogP contribution < -0.4 is 11.6 Å². The van der Waals surface area contributed by atoms with Gasteiger partial charge in [0.05, 0.1) is 5.92 Å². The van der Waals surface area contributed by atoms with Gasteiger partial charge in [-0.25, -0.2) is 4.79 Å². The van der Waals surface area contributed by atoms with Crippen molar-refractivity contribution in [3.63, 3.8) is 0 Å². The van der Waals surface area contributed by atoms with Gasteiger partial charge in [0.25, 0.3) is 0 Å². The molecule has 1 aromatic heterocycles. The van der Waals surface area contributed by atoms with Crippen molar-refractivity contribution < 1.29 is 28.3 Å². The van der Waals surface area contributed by atoms with Gasteiger partial charge in [0, 0.05) is 5.92 Å². The van der Waals surface area contributed by atoms with Gasteiger partial charge in [-0.2, -0.15) is 0 Å². The average Bonchev–Trinajstić information content (AvgIpc) is 2.92.